The maximum absolute atomic E-state index is 11.9. The topological polar surface area (TPSA) is 111 Å². The molecule has 9 heteroatoms. The van der Waals surface area contributed by atoms with Gasteiger partial charge in [-0.05, 0) is 38.8 Å². The SMILES string of the molecule is COC(=O)COc1cccc(NC(=O)CCCCNS(=O)(=O)C(C)C)c1. The summed E-state index contributed by atoms with van der Waals surface area (Å²) < 4.78 is 35.4. The van der Waals surface area contributed by atoms with Crippen LogP contribution in [0.2, 0.25) is 0 Å². The summed E-state index contributed by atoms with van der Waals surface area (Å²) in [6, 6.07) is 6.68. The van der Waals surface area contributed by atoms with Crippen LogP contribution in [0.1, 0.15) is 33.1 Å². The van der Waals surface area contributed by atoms with Crippen molar-refractivity contribution in [1.82, 2.24) is 4.72 Å². The fourth-order valence-electron chi connectivity index (χ4n) is 1.88. The fourth-order valence-corrected chi connectivity index (χ4v) is 2.64. The second kappa shape index (κ2) is 10.8. The zero-order valence-corrected chi connectivity index (χ0v) is 16.1. The molecule has 0 unspecified atom stereocenters. The lowest BCUT2D eigenvalue weighted by Gasteiger charge is -2.10. The quantitative estimate of drug-likeness (QED) is 0.442. The molecule has 0 bridgehead atoms. The molecule has 0 aromatic heterocycles. The molecule has 1 amide bonds. The highest BCUT2D eigenvalue weighted by Gasteiger charge is 2.14. The van der Waals surface area contributed by atoms with E-state index >= 15 is 0 Å². The number of amides is 1. The Morgan fingerprint density at radius 2 is 1.92 bits per heavy atom. The van der Waals surface area contributed by atoms with Gasteiger partial charge in [0.15, 0.2) is 6.61 Å². The fraction of sp³-hybridized carbons (Fsp3) is 0.529. The molecule has 26 heavy (non-hydrogen) atoms. The maximum atomic E-state index is 11.9. The molecule has 8 nitrogen and oxygen atoms in total. The van der Waals surface area contributed by atoms with Crippen LogP contribution in [-0.4, -0.2) is 45.8 Å². The van der Waals surface area contributed by atoms with E-state index in [4.69, 9.17) is 4.74 Å². The maximum Gasteiger partial charge on any atom is 0.343 e. The summed E-state index contributed by atoms with van der Waals surface area (Å²) in [5.41, 5.74) is 0.554. The number of unbranched alkanes of at least 4 members (excludes halogenated alkanes) is 1. The molecular weight excluding hydrogens is 360 g/mol. The van der Waals surface area contributed by atoms with Gasteiger partial charge in [0.2, 0.25) is 15.9 Å². The van der Waals surface area contributed by atoms with Gasteiger partial charge >= 0.3 is 5.97 Å². The number of esters is 1. The zero-order chi connectivity index (χ0) is 19.6. The van der Waals surface area contributed by atoms with Crippen molar-refractivity contribution in [3.05, 3.63) is 24.3 Å². The number of sulfonamides is 1. The number of rotatable bonds is 11. The number of carbonyl (C=O) groups excluding carboxylic acids is 2. The summed E-state index contributed by atoms with van der Waals surface area (Å²) in [4.78, 5) is 23.0. The van der Waals surface area contributed by atoms with Crippen molar-refractivity contribution in [2.75, 3.05) is 25.6 Å². The van der Waals surface area contributed by atoms with Crippen LogP contribution in [0, 0.1) is 0 Å². The standard InChI is InChI=1S/C17H26N2O6S/c1-13(2)26(22,23)18-10-5-4-9-16(20)19-14-7-6-8-15(11-14)25-12-17(21)24-3/h6-8,11,13,18H,4-5,9-10,12H2,1-3H3,(H,19,20). The van der Waals surface area contributed by atoms with E-state index in [2.05, 4.69) is 14.8 Å². The average molecular weight is 386 g/mol. The van der Waals surface area contributed by atoms with Crippen LogP contribution in [0.15, 0.2) is 24.3 Å². The Labute approximate surface area is 154 Å². The van der Waals surface area contributed by atoms with Crippen molar-refractivity contribution in [3.63, 3.8) is 0 Å². The van der Waals surface area contributed by atoms with Crippen LogP contribution in [-0.2, 0) is 24.3 Å². The first-order valence-corrected chi connectivity index (χ1v) is 9.87. The predicted molar refractivity (Wildman–Crippen MR) is 98.5 cm³/mol. The molecule has 0 saturated carbocycles. The van der Waals surface area contributed by atoms with Gasteiger partial charge in [-0.15, -0.1) is 0 Å². The van der Waals surface area contributed by atoms with Gasteiger partial charge in [-0.1, -0.05) is 6.07 Å². The van der Waals surface area contributed by atoms with E-state index in [-0.39, 0.29) is 18.9 Å². The number of hydrogen-bond acceptors (Lipinski definition) is 6. The highest BCUT2D eigenvalue weighted by atomic mass is 32.2. The minimum absolute atomic E-state index is 0.179. The van der Waals surface area contributed by atoms with Gasteiger partial charge in [0.05, 0.1) is 12.4 Å². The number of carbonyl (C=O) groups is 2. The third kappa shape index (κ3) is 8.30. The molecule has 1 aromatic rings. The van der Waals surface area contributed by atoms with Crippen LogP contribution >= 0.6 is 0 Å². The molecule has 0 aliphatic carbocycles. The normalized spacial score (nSPS) is 11.2. The molecule has 0 fully saturated rings. The number of hydrogen-bond donors (Lipinski definition) is 2. The molecule has 0 spiro atoms. The van der Waals surface area contributed by atoms with Crippen LogP contribution in [0.25, 0.3) is 0 Å². The largest absolute Gasteiger partial charge is 0.482 e. The Bertz CT molecular complexity index is 703. The van der Waals surface area contributed by atoms with Gasteiger partial charge in [-0.2, -0.15) is 0 Å². The molecule has 0 aliphatic heterocycles. The van der Waals surface area contributed by atoms with E-state index in [1.165, 1.54) is 7.11 Å². The smallest absolute Gasteiger partial charge is 0.343 e. The lowest BCUT2D eigenvalue weighted by Crippen LogP contribution is -2.31. The van der Waals surface area contributed by atoms with Crippen molar-refractivity contribution in [2.45, 2.75) is 38.4 Å². The zero-order valence-electron chi connectivity index (χ0n) is 15.3. The molecule has 146 valence electrons. The van der Waals surface area contributed by atoms with Crippen molar-refractivity contribution in [3.8, 4) is 5.75 Å². The number of methoxy groups -OCH3 is 1. The van der Waals surface area contributed by atoms with Crippen LogP contribution < -0.4 is 14.8 Å². The van der Waals surface area contributed by atoms with Gasteiger partial charge in [0.1, 0.15) is 5.75 Å². The number of anilines is 1. The average Bonchev–Trinajstić information content (AvgIpc) is 2.59. The molecule has 0 radical (unpaired) electrons. The predicted octanol–water partition coefficient (Wildman–Crippen LogP) is 1.67. The van der Waals surface area contributed by atoms with Gasteiger partial charge in [-0.3, -0.25) is 4.79 Å². The molecule has 0 atom stereocenters. The lowest BCUT2D eigenvalue weighted by atomic mass is 10.2. The lowest BCUT2D eigenvalue weighted by molar-refractivity contribution is -0.142. The van der Waals surface area contributed by atoms with Gasteiger partial charge < -0.3 is 14.8 Å². The summed E-state index contributed by atoms with van der Waals surface area (Å²) in [5.74, 6) is -0.231. The van der Waals surface area contributed by atoms with Gasteiger partial charge in [0.25, 0.3) is 0 Å². The van der Waals surface area contributed by atoms with E-state index in [9.17, 15) is 18.0 Å². The first-order chi connectivity index (χ1) is 12.2. The van der Waals surface area contributed by atoms with E-state index < -0.39 is 21.2 Å². The Morgan fingerprint density at radius 3 is 2.58 bits per heavy atom. The molecule has 0 saturated heterocycles. The molecule has 2 N–H and O–H groups in total. The Hall–Kier alpha value is -2.13. The second-order valence-electron chi connectivity index (χ2n) is 5.89. The Balaban J connectivity index is 2.34. The second-order valence-corrected chi connectivity index (χ2v) is 8.21. The highest BCUT2D eigenvalue weighted by Crippen LogP contribution is 2.17. The van der Waals surface area contributed by atoms with Crippen molar-refractivity contribution in [1.29, 1.82) is 0 Å². The summed E-state index contributed by atoms with van der Waals surface area (Å²) in [5, 5.41) is 2.26. The highest BCUT2D eigenvalue weighted by molar-refractivity contribution is 7.90. The minimum Gasteiger partial charge on any atom is -0.482 e. The third-order valence-corrected chi connectivity index (χ3v) is 5.30. The van der Waals surface area contributed by atoms with Gasteiger partial charge in [-0.25, -0.2) is 17.9 Å². The van der Waals surface area contributed by atoms with E-state index in [1.54, 1.807) is 38.1 Å². The number of ether oxygens (including phenoxy) is 2. The van der Waals surface area contributed by atoms with Gasteiger partial charge in [0, 0.05) is 24.7 Å². The van der Waals surface area contributed by atoms with Crippen LogP contribution in [0.3, 0.4) is 0 Å². The van der Waals surface area contributed by atoms with Crippen LogP contribution in [0.4, 0.5) is 5.69 Å². The van der Waals surface area contributed by atoms with E-state index in [1.807, 2.05) is 0 Å². The number of benzene rings is 1. The molecule has 1 aromatic carbocycles. The third-order valence-electron chi connectivity index (χ3n) is 3.46. The summed E-state index contributed by atoms with van der Waals surface area (Å²) >= 11 is 0. The summed E-state index contributed by atoms with van der Waals surface area (Å²) in [6.45, 7) is 3.32. The monoisotopic (exact) mass is 386 g/mol. The minimum atomic E-state index is -3.26. The molecular formula is C17H26N2O6S. The van der Waals surface area contributed by atoms with Crippen molar-refractivity contribution in [2.24, 2.45) is 0 Å². The van der Waals surface area contributed by atoms with E-state index in [0.717, 1.165) is 0 Å². The first-order valence-electron chi connectivity index (χ1n) is 8.32. The molecule has 0 aliphatic rings. The van der Waals surface area contributed by atoms with Crippen molar-refractivity contribution >= 4 is 27.6 Å². The molecule has 0 heterocycles. The Morgan fingerprint density at radius 1 is 1.19 bits per heavy atom. The first kappa shape index (κ1) is 21.9. The molecule has 1 rings (SSSR count). The summed E-state index contributed by atoms with van der Waals surface area (Å²) in [7, 11) is -1.99. The number of nitrogens with one attached hydrogen (secondary N) is 2. The Kier molecular flexibility index (Phi) is 9.08. The van der Waals surface area contributed by atoms with E-state index in [0.29, 0.717) is 30.8 Å². The van der Waals surface area contributed by atoms with Crippen molar-refractivity contribution < 1.29 is 27.5 Å². The van der Waals surface area contributed by atoms with Crippen LogP contribution in [0.5, 0.6) is 5.75 Å². The summed E-state index contributed by atoms with van der Waals surface area (Å²) in [6.07, 6.45) is 1.41.